The van der Waals surface area contributed by atoms with Gasteiger partial charge in [-0.3, -0.25) is 0 Å². The molecule has 0 aromatic carbocycles. The van der Waals surface area contributed by atoms with E-state index >= 15 is 0 Å². The van der Waals surface area contributed by atoms with E-state index in [0.29, 0.717) is 0 Å². The molecule has 0 aliphatic rings. The fourth-order valence-electron chi connectivity index (χ4n) is 0.214. The van der Waals surface area contributed by atoms with Gasteiger partial charge in [0.05, 0.1) is 0 Å². The maximum atomic E-state index is 11.9. The van der Waals surface area contributed by atoms with Crippen LogP contribution in [-0.4, -0.2) is 9.17 Å². The minimum atomic E-state index is -3.37. The molecule has 0 N–H and O–H groups in total. The van der Waals surface area contributed by atoms with E-state index in [-0.39, 0.29) is 0 Å². The van der Waals surface area contributed by atoms with Crippen LogP contribution in [0.25, 0.3) is 0 Å². The molecular formula is C6Cl6F6. The van der Waals surface area contributed by atoms with Crippen molar-refractivity contribution in [3.8, 4) is 0 Å². The van der Waals surface area contributed by atoms with Crippen molar-refractivity contribution in [3.63, 3.8) is 0 Å². The van der Waals surface area contributed by atoms with Crippen molar-refractivity contribution in [3.05, 3.63) is 22.2 Å². The smallest absolute Gasteiger partial charge is 0.201 e. The van der Waals surface area contributed by atoms with Crippen LogP contribution in [0.1, 0.15) is 0 Å². The summed E-state index contributed by atoms with van der Waals surface area (Å²) in [7, 11) is 0. The molecule has 0 nitrogen and oxygen atoms in total. The van der Waals surface area contributed by atoms with Crippen molar-refractivity contribution in [2.45, 2.75) is 9.17 Å². The van der Waals surface area contributed by atoms with E-state index in [2.05, 4.69) is 69.6 Å². The third-order valence-electron chi connectivity index (χ3n) is 0.830. The maximum Gasteiger partial charge on any atom is 0.313 e. The highest BCUT2D eigenvalue weighted by Gasteiger charge is 2.32. The molecule has 12 heteroatoms. The van der Waals surface area contributed by atoms with Crippen molar-refractivity contribution >= 4 is 69.6 Å². The van der Waals surface area contributed by atoms with E-state index < -0.39 is 31.4 Å². The number of hydrogen-bond acceptors (Lipinski definition) is 0. The number of halogens is 12. The average Bonchev–Trinajstić information content (AvgIpc) is 2.13. The van der Waals surface area contributed by atoms with Crippen LogP contribution in [0.15, 0.2) is 22.2 Å². The summed E-state index contributed by atoms with van der Waals surface area (Å²) in [4.78, 5) is 0. The van der Waals surface area contributed by atoms with Crippen LogP contribution >= 0.6 is 69.6 Å². The van der Waals surface area contributed by atoms with Crippen molar-refractivity contribution in [2.75, 3.05) is 0 Å². The Morgan fingerprint density at radius 3 is 1.06 bits per heavy atom. The van der Waals surface area contributed by atoms with Gasteiger partial charge in [0.2, 0.25) is 11.1 Å². The lowest BCUT2D eigenvalue weighted by atomic mass is 10.6. The molecule has 0 heterocycles. The molecule has 0 rings (SSSR count). The molecule has 0 fully saturated rings. The lowest BCUT2D eigenvalue weighted by molar-refractivity contribution is 0.362. The van der Waals surface area contributed by atoms with Crippen LogP contribution in [0.3, 0.4) is 0 Å². The number of allylic oxidation sites excluding steroid dienone is 2. The zero-order chi connectivity index (χ0) is 15.3. The summed E-state index contributed by atoms with van der Waals surface area (Å²) in [6.07, 6.45) is -2.43. The molecule has 0 aliphatic heterocycles. The Morgan fingerprint density at radius 1 is 0.722 bits per heavy atom. The van der Waals surface area contributed by atoms with Gasteiger partial charge in [-0.1, -0.05) is 58.0 Å². The summed E-state index contributed by atoms with van der Waals surface area (Å²) in [5.74, 6) is -2.03. The summed E-state index contributed by atoms with van der Waals surface area (Å²) in [5.41, 5.74) is 0. The minimum Gasteiger partial charge on any atom is -0.201 e. The fraction of sp³-hybridized carbons (Fsp3) is 0.333. The van der Waals surface area contributed by atoms with E-state index in [1.54, 1.807) is 0 Å². The van der Waals surface area contributed by atoms with Crippen molar-refractivity contribution in [1.82, 2.24) is 0 Å². The molecule has 0 spiro atoms. The standard InChI is InChI=1S/2C3Cl3F3/c4-2(8)1(7)3(5,6)9;4-1(2(7)8)3(5,6)9. The van der Waals surface area contributed by atoms with E-state index in [9.17, 15) is 26.3 Å². The Hall–Kier alpha value is 0.800. The molecule has 0 aliphatic carbocycles. The highest BCUT2D eigenvalue weighted by molar-refractivity contribution is 6.54. The fourth-order valence-corrected chi connectivity index (χ4v) is 0.750. The normalized spacial score (nSPS) is 13.3. The molecule has 0 aromatic heterocycles. The highest BCUT2D eigenvalue weighted by atomic mass is 35.5. The van der Waals surface area contributed by atoms with Crippen LogP contribution in [0, 0.1) is 0 Å². The Balaban J connectivity index is 0. The summed E-state index contributed by atoms with van der Waals surface area (Å²) in [6.45, 7) is 0. The highest BCUT2D eigenvalue weighted by Crippen LogP contribution is 2.37. The molecule has 108 valence electrons. The molecule has 0 amide bonds. The van der Waals surface area contributed by atoms with Gasteiger partial charge in [-0.15, -0.1) is 0 Å². The van der Waals surface area contributed by atoms with Gasteiger partial charge in [0.25, 0.3) is 10.7 Å². The van der Waals surface area contributed by atoms with Crippen molar-refractivity contribution in [2.24, 2.45) is 0 Å². The molecule has 0 radical (unpaired) electrons. The molecular weight excluding hydrogens is 399 g/mol. The third-order valence-corrected chi connectivity index (χ3v) is 2.30. The minimum absolute atomic E-state index is 1.49. The summed E-state index contributed by atoms with van der Waals surface area (Å²) < 4.78 is 62.9. The quantitative estimate of drug-likeness (QED) is 0.352. The first-order valence-corrected chi connectivity index (χ1v) is 5.54. The number of hydrogen-bond donors (Lipinski definition) is 0. The van der Waals surface area contributed by atoms with Crippen LogP contribution in [-0.2, 0) is 0 Å². The van der Waals surface area contributed by atoms with Gasteiger partial charge >= 0.3 is 4.59 Å². The molecule has 18 heavy (non-hydrogen) atoms. The first kappa shape index (κ1) is 21.1. The van der Waals surface area contributed by atoms with E-state index in [4.69, 9.17) is 0 Å². The van der Waals surface area contributed by atoms with Gasteiger partial charge in [0.1, 0.15) is 0 Å². The van der Waals surface area contributed by atoms with Crippen LogP contribution in [0.2, 0.25) is 0 Å². The third kappa shape index (κ3) is 9.69. The first-order chi connectivity index (χ1) is 7.71. The lowest BCUT2D eigenvalue weighted by Gasteiger charge is -2.04. The molecule has 0 bridgehead atoms. The molecule has 0 saturated carbocycles. The topological polar surface area (TPSA) is 0 Å². The predicted octanol–water partition coefficient (Wildman–Crippen LogP) is 6.87. The zero-order valence-corrected chi connectivity index (χ0v) is 12.1. The lowest BCUT2D eigenvalue weighted by Crippen LogP contribution is -2.04. The second-order valence-electron chi connectivity index (χ2n) is 2.14. The summed E-state index contributed by atoms with van der Waals surface area (Å²) in [5, 5.41) is -3.38. The van der Waals surface area contributed by atoms with Crippen LogP contribution in [0.4, 0.5) is 26.3 Å². The van der Waals surface area contributed by atoms with E-state index in [1.807, 2.05) is 0 Å². The largest absolute Gasteiger partial charge is 0.313 e. The summed E-state index contributed by atoms with van der Waals surface area (Å²) in [6, 6.07) is 0. The van der Waals surface area contributed by atoms with Crippen molar-refractivity contribution in [1.29, 1.82) is 0 Å². The molecule has 0 aromatic rings. The number of rotatable bonds is 2. The Labute approximate surface area is 127 Å². The van der Waals surface area contributed by atoms with Crippen LogP contribution < -0.4 is 0 Å². The Morgan fingerprint density at radius 2 is 1.06 bits per heavy atom. The second-order valence-corrected chi connectivity index (χ2v) is 5.32. The maximum absolute atomic E-state index is 11.9. The summed E-state index contributed by atoms with van der Waals surface area (Å²) >= 11 is 26.8. The van der Waals surface area contributed by atoms with E-state index in [0.717, 1.165) is 0 Å². The molecule has 0 unspecified atom stereocenters. The molecule has 0 atom stereocenters. The van der Waals surface area contributed by atoms with Crippen LogP contribution in [0.5, 0.6) is 0 Å². The average molecular weight is 399 g/mol. The zero-order valence-electron chi connectivity index (χ0n) is 7.54. The Kier molecular flexibility index (Phi) is 9.58. The SMILES string of the molecule is FC(Cl)=C(F)C(F)(Cl)Cl.FC(F)=C(Cl)C(F)(Cl)Cl. The van der Waals surface area contributed by atoms with Crippen molar-refractivity contribution < 1.29 is 26.3 Å². The van der Waals surface area contributed by atoms with Gasteiger partial charge in [-0.2, -0.15) is 17.6 Å². The van der Waals surface area contributed by atoms with Gasteiger partial charge in [0.15, 0.2) is 5.03 Å². The van der Waals surface area contributed by atoms with E-state index in [1.165, 1.54) is 0 Å². The van der Waals surface area contributed by atoms with Gasteiger partial charge in [-0.05, 0) is 11.6 Å². The first-order valence-electron chi connectivity index (χ1n) is 3.27. The monoisotopic (exact) mass is 396 g/mol. The Bertz CT molecular complexity index is 297. The predicted molar refractivity (Wildman–Crippen MR) is 61.3 cm³/mol. The van der Waals surface area contributed by atoms with Gasteiger partial charge < -0.3 is 0 Å². The second kappa shape index (κ2) is 8.17. The molecule has 0 saturated heterocycles. The van der Waals surface area contributed by atoms with Gasteiger partial charge in [0, 0.05) is 0 Å². The number of alkyl halides is 6. The van der Waals surface area contributed by atoms with Gasteiger partial charge in [-0.25, -0.2) is 8.78 Å².